The number of aromatic nitrogens is 2. The van der Waals surface area contributed by atoms with Crippen LogP contribution in [0.4, 0.5) is 0 Å². The Bertz CT molecular complexity index is 551. The molecule has 0 fully saturated rings. The van der Waals surface area contributed by atoms with E-state index in [1.165, 1.54) is 11.3 Å². The Morgan fingerprint density at radius 3 is 2.94 bits per heavy atom. The van der Waals surface area contributed by atoms with Gasteiger partial charge in [-0.2, -0.15) is 5.10 Å². The maximum atomic E-state index is 11.8. The Balaban J connectivity index is 2.13. The van der Waals surface area contributed by atoms with Gasteiger partial charge in [-0.25, -0.2) is 0 Å². The van der Waals surface area contributed by atoms with Crippen LogP contribution < -0.4 is 0 Å². The summed E-state index contributed by atoms with van der Waals surface area (Å²) >= 11 is 1.52. The highest BCUT2D eigenvalue weighted by Gasteiger charge is 2.04. The van der Waals surface area contributed by atoms with Crippen LogP contribution in [-0.4, -0.2) is 15.6 Å². The van der Waals surface area contributed by atoms with E-state index in [1.807, 2.05) is 42.8 Å². The van der Waals surface area contributed by atoms with Gasteiger partial charge in [0.1, 0.15) is 0 Å². The van der Waals surface area contributed by atoms with Gasteiger partial charge in [-0.05, 0) is 44.2 Å². The molecule has 0 radical (unpaired) electrons. The molecular weight excluding hydrogens is 232 g/mol. The molecule has 2 aromatic heterocycles. The van der Waals surface area contributed by atoms with Crippen molar-refractivity contribution in [3.63, 3.8) is 0 Å². The first-order valence-corrected chi connectivity index (χ1v) is 6.33. The predicted molar refractivity (Wildman–Crippen MR) is 70.3 cm³/mol. The van der Waals surface area contributed by atoms with Crippen LogP contribution in [0.3, 0.4) is 0 Å². The molecule has 0 aromatic carbocycles. The van der Waals surface area contributed by atoms with Crippen LogP contribution in [0, 0.1) is 6.92 Å². The number of rotatable bonds is 4. The van der Waals surface area contributed by atoms with E-state index >= 15 is 0 Å². The normalized spacial score (nSPS) is 11.2. The Morgan fingerprint density at radius 1 is 1.47 bits per heavy atom. The van der Waals surface area contributed by atoms with Crippen molar-refractivity contribution < 1.29 is 4.79 Å². The average Bonchev–Trinajstić information content (AvgIpc) is 2.94. The second-order valence-corrected chi connectivity index (χ2v) is 4.97. The molecule has 17 heavy (non-hydrogen) atoms. The predicted octanol–water partition coefficient (Wildman–Crippen LogP) is 3.17. The molecule has 4 heteroatoms. The first-order chi connectivity index (χ1) is 8.20. The standard InChI is InChI=1S/C13H14N2OS/c1-3-15-11(8-9-14-15)5-6-12(16)13-7-4-10(2)17-13/h4-9H,3H2,1-2H3/b6-5+. The van der Waals surface area contributed by atoms with Crippen molar-refractivity contribution >= 4 is 23.2 Å². The molecule has 0 bridgehead atoms. The number of thiophene rings is 1. The van der Waals surface area contributed by atoms with Gasteiger partial charge < -0.3 is 0 Å². The second-order valence-electron chi connectivity index (χ2n) is 3.68. The van der Waals surface area contributed by atoms with Gasteiger partial charge in [0.15, 0.2) is 5.78 Å². The lowest BCUT2D eigenvalue weighted by Gasteiger charge is -1.97. The summed E-state index contributed by atoms with van der Waals surface area (Å²) in [6.45, 7) is 4.82. The molecule has 0 saturated heterocycles. The number of hydrogen-bond donors (Lipinski definition) is 0. The highest BCUT2D eigenvalue weighted by molar-refractivity contribution is 7.14. The number of hydrogen-bond acceptors (Lipinski definition) is 3. The lowest BCUT2D eigenvalue weighted by molar-refractivity contribution is 0.105. The molecule has 0 N–H and O–H groups in total. The van der Waals surface area contributed by atoms with Crippen molar-refractivity contribution in [2.75, 3.05) is 0 Å². The van der Waals surface area contributed by atoms with Gasteiger partial charge in [-0.3, -0.25) is 9.48 Å². The zero-order valence-corrected chi connectivity index (χ0v) is 10.7. The number of ketones is 1. The summed E-state index contributed by atoms with van der Waals surface area (Å²) in [5.74, 6) is 0.0481. The third-order valence-corrected chi connectivity index (χ3v) is 3.45. The van der Waals surface area contributed by atoms with Crippen LogP contribution >= 0.6 is 11.3 Å². The monoisotopic (exact) mass is 246 g/mol. The molecule has 0 spiro atoms. The van der Waals surface area contributed by atoms with Crippen LogP contribution in [0.5, 0.6) is 0 Å². The Labute approximate surface area is 104 Å². The fraction of sp³-hybridized carbons (Fsp3) is 0.231. The summed E-state index contributed by atoms with van der Waals surface area (Å²) in [5.41, 5.74) is 0.953. The van der Waals surface area contributed by atoms with Gasteiger partial charge in [0.25, 0.3) is 0 Å². The first-order valence-electron chi connectivity index (χ1n) is 5.51. The number of carbonyl (C=O) groups is 1. The van der Waals surface area contributed by atoms with Crippen molar-refractivity contribution in [2.24, 2.45) is 0 Å². The van der Waals surface area contributed by atoms with Crippen LogP contribution in [0.2, 0.25) is 0 Å². The van der Waals surface area contributed by atoms with Crippen molar-refractivity contribution in [1.29, 1.82) is 0 Å². The highest BCUT2D eigenvalue weighted by Crippen LogP contribution is 2.16. The molecule has 3 nitrogen and oxygen atoms in total. The quantitative estimate of drug-likeness (QED) is 0.613. The highest BCUT2D eigenvalue weighted by atomic mass is 32.1. The van der Waals surface area contributed by atoms with Gasteiger partial charge in [-0.1, -0.05) is 0 Å². The maximum absolute atomic E-state index is 11.8. The van der Waals surface area contributed by atoms with Gasteiger partial charge in [0, 0.05) is 17.6 Å². The van der Waals surface area contributed by atoms with Crippen molar-refractivity contribution in [1.82, 2.24) is 9.78 Å². The van der Waals surface area contributed by atoms with E-state index in [1.54, 1.807) is 12.3 Å². The zero-order chi connectivity index (χ0) is 12.3. The van der Waals surface area contributed by atoms with E-state index in [9.17, 15) is 4.79 Å². The fourth-order valence-electron chi connectivity index (χ4n) is 1.56. The van der Waals surface area contributed by atoms with E-state index in [2.05, 4.69) is 5.10 Å². The largest absolute Gasteiger partial charge is 0.288 e. The number of carbonyl (C=O) groups excluding carboxylic acids is 1. The summed E-state index contributed by atoms with van der Waals surface area (Å²) in [5, 5.41) is 4.15. The van der Waals surface area contributed by atoms with Crippen molar-refractivity contribution in [2.45, 2.75) is 20.4 Å². The minimum atomic E-state index is 0.0481. The minimum absolute atomic E-state index is 0.0481. The van der Waals surface area contributed by atoms with Crippen molar-refractivity contribution in [3.05, 3.63) is 45.9 Å². The smallest absolute Gasteiger partial charge is 0.195 e. The second kappa shape index (κ2) is 5.10. The molecule has 0 aliphatic rings. The molecular formula is C13H14N2OS. The van der Waals surface area contributed by atoms with Gasteiger partial charge in [0.2, 0.25) is 0 Å². The molecule has 0 aliphatic carbocycles. The van der Waals surface area contributed by atoms with E-state index < -0.39 is 0 Å². The summed E-state index contributed by atoms with van der Waals surface area (Å²) in [6.07, 6.45) is 5.16. The molecule has 2 heterocycles. The maximum Gasteiger partial charge on any atom is 0.195 e. The number of aryl methyl sites for hydroxylation is 2. The summed E-state index contributed by atoms with van der Waals surface area (Å²) in [4.78, 5) is 13.8. The lowest BCUT2D eigenvalue weighted by atomic mass is 10.2. The third kappa shape index (κ3) is 2.71. The van der Waals surface area contributed by atoms with Crippen LogP contribution in [0.15, 0.2) is 30.5 Å². The number of nitrogens with zero attached hydrogens (tertiary/aromatic N) is 2. The van der Waals surface area contributed by atoms with Crippen molar-refractivity contribution in [3.8, 4) is 0 Å². The Morgan fingerprint density at radius 2 is 2.29 bits per heavy atom. The molecule has 0 amide bonds. The van der Waals surface area contributed by atoms with E-state index in [0.717, 1.165) is 22.0 Å². The molecule has 0 saturated carbocycles. The molecule has 0 atom stereocenters. The van der Waals surface area contributed by atoms with Crippen LogP contribution in [0.25, 0.3) is 6.08 Å². The average molecular weight is 246 g/mol. The molecule has 2 rings (SSSR count). The summed E-state index contributed by atoms with van der Waals surface area (Å²) in [7, 11) is 0. The van der Waals surface area contributed by atoms with E-state index in [0.29, 0.717) is 0 Å². The molecule has 0 unspecified atom stereocenters. The molecule has 0 aliphatic heterocycles. The van der Waals surface area contributed by atoms with Gasteiger partial charge >= 0.3 is 0 Å². The zero-order valence-electron chi connectivity index (χ0n) is 9.88. The topological polar surface area (TPSA) is 34.9 Å². The van der Waals surface area contributed by atoms with E-state index in [4.69, 9.17) is 0 Å². The Hall–Kier alpha value is -1.68. The fourth-order valence-corrected chi connectivity index (χ4v) is 2.35. The van der Waals surface area contributed by atoms with Gasteiger partial charge in [0.05, 0.1) is 10.6 Å². The van der Waals surface area contributed by atoms with Crippen LogP contribution in [0.1, 0.15) is 27.2 Å². The molecule has 88 valence electrons. The SMILES string of the molecule is CCn1nccc1/C=C/C(=O)c1ccc(C)s1. The van der Waals surface area contributed by atoms with Crippen LogP contribution in [-0.2, 0) is 6.54 Å². The molecule has 2 aromatic rings. The summed E-state index contributed by atoms with van der Waals surface area (Å²) < 4.78 is 1.85. The first kappa shape index (κ1) is 11.8. The lowest BCUT2D eigenvalue weighted by Crippen LogP contribution is -1.98. The van der Waals surface area contributed by atoms with E-state index in [-0.39, 0.29) is 5.78 Å². The van der Waals surface area contributed by atoms with Gasteiger partial charge in [-0.15, -0.1) is 11.3 Å². The minimum Gasteiger partial charge on any atom is -0.288 e. The number of allylic oxidation sites excluding steroid dienone is 1. The summed E-state index contributed by atoms with van der Waals surface area (Å²) in [6, 6.07) is 5.72. The third-order valence-electron chi connectivity index (χ3n) is 2.44. The Kier molecular flexibility index (Phi) is 3.54.